The molecule has 0 aliphatic rings. The highest BCUT2D eigenvalue weighted by Gasteiger charge is 2.32. The van der Waals surface area contributed by atoms with E-state index in [0.717, 1.165) is 4.90 Å². The Morgan fingerprint density at radius 1 is 1.31 bits per heavy atom. The summed E-state index contributed by atoms with van der Waals surface area (Å²) in [4.78, 5) is 8.16. The van der Waals surface area contributed by atoms with Gasteiger partial charge in [-0.2, -0.15) is 13.2 Å². The lowest BCUT2D eigenvalue weighted by Crippen LogP contribution is -2.37. The van der Waals surface area contributed by atoms with Gasteiger partial charge in [0.25, 0.3) is 0 Å². The van der Waals surface area contributed by atoms with Crippen molar-refractivity contribution in [1.29, 1.82) is 0 Å². The Hall–Kier alpha value is -1.08. The van der Waals surface area contributed by atoms with Crippen LogP contribution in [0.25, 0.3) is 0 Å². The zero-order valence-electron chi connectivity index (χ0n) is 8.08. The van der Waals surface area contributed by atoms with Crippen molar-refractivity contribution in [2.75, 3.05) is 24.6 Å². The van der Waals surface area contributed by atoms with Crippen molar-refractivity contribution in [2.24, 2.45) is 0 Å². The second kappa shape index (κ2) is 5.31. The predicted octanol–water partition coefficient (Wildman–Crippen LogP) is 1.49. The maximum Gasteiger partial charge on any atom is 0.405 e. The van der Waals surface area contributed by atoms with Crippen LogP contribution in [0, 0.1) is 0 Å². The van der Waals surface area contributed by atoms with Gasteiger partial charge in [0.2, 0.25) is 0 Å². The lowest BCUT2D eigenvalue weighted by molar-refractivity contribution is -0.119. The van der Waals surface area contributed by atoms with Crippen molar-refractivity contribution >= 4 is 17.4 Å². The van der Waals surface area contributed by atoms with Gasteiger partial charge in [0.1, 0.15) is 6.54 Å². The quantitative estimate of drug-likeness (QED) is 0.886. The Balaban J connectivity index is 2.89. The number of rotatable bonds is 4. The first-order chi connectivity index (χ1) is 7.44. The van der Waals surface area contributed by atoms with E-state index in [4.69, 9.17) is 16.7 Å². The van der Waals surface area contributed by atoms with Gasteiger partial charge in [-0.05, 0) is 0 Å². The van der Waals surface area contributed by atoms with Gasteiger partial charge >= 0.3 is 6.18 Å². The van der Waals surface area contributed by atoms with Crippen molar-refractivity contribution in [3.05, 3.63) is 17.5 Å². The highest BCUT2D eigenvalue weighted by Crippen LogP contribution is 2.24. The van der Waals surface area contributed by atoms with Gasteiger partial charge < -0.3 is 10.0 Å². The molecule has 1 heterocycles. The molecule has 0 saturated heterocycles. The first kappa shape index (κ1) is 13.0. The first-order valence-electron chi connectivity index (χ1n) is 4.33. The number of alkyl halides is 3. The lowest BCUT2D eigenvalue weighted by Gasteiger charge is -2.24. The summed E-state index contributed by atoms with van der Waals surface area (Å²) < 4.78 is 36.7. The molecule has 16 heavy (non-hydrogen) atoms. The molecular weight excluding hydrogens is 247 g/mol. The molecule has 0 fully saturated rings. The molecule has 0 amide bonds. The number of anilines is 1. The monoisotopic (exact) mass is 255 g/mol. The number of halogens is 4. The molecule has 8 heteroatoms. The normalized spacial score (nSPS) is 11.6. The largest absolute Gasteiger partial charge is 0.405 e. The predicted molar refractivity (Wildman–Crippen MR) is 52.4 cm³/mol. The fourth-order valence-corrected chi connectivity index (χ4v) is 1.35. The summed E-state index contributed by atoms with van der Waals surface area (Å²) in [5, 5.41) is 8.56. The third-order valence-electron chi connectivity index (χ3n) is 1.68. The minimum atomic E-state index is -4.39. The number of aromatic nitrogens is 2. The van der Waals surface area contributed by atoms with Crippen molar-refractivity contribution in [3.8, 4) is 0 Å². The van der Waals surface area contributed by atoms with E-state index in [1.54, 1.807) is 0 Å². The van der Waals surface area contributed by atoms with E-state index < -0.39 is 19.3 Å². The molecule has 0 radical (unpaired) electrons. The fourth-order valence-electron chi connectivity index (χ4n) is 1.12. The van der Waals surface area contributed by atoms with Gasteiger partial charge in [0, 0.05) is 18.9 Å². The molecule has 0 aromatic carbocycles. The van der Waals surface area contributed by atoms with Gasteiger partial charge in [-0.3, -0.25) is 0 Å². The molecule has 0 aliphatic carbocycles. The maximum atomic E-state index is 12.2. The van der Waals surface area contributed by atoms with Crippen molar-refractivity contribution in [1.82, 2.24) is 9.97 Å². The van der Waals surface area contributed by atoms with E-state index in [2.05, 4.69) is 9.97 Å². The minimum absolute atomic E-state index is 0.0875. The summed E-state index contributed by atoms with van der Waals surface area (Å²) >= 11 is 5.62. The SMILES string of the molecule is OCCN(CC(F)(F)F)c1nccnc1Cl. The van der Waals surface area contributed by atoms with Crippen LogP contribution in [-0.2, 0) is 0 Å². The van der Waals surface area contributed by atoms with Gasteiger partial charge in [-0.25, -0.2) is 9.97 Å². The molecule has 1 aromatic heterocycles. The molecule has 1 aromatic rings. The summed E-state index contributed by atoms with van der Waals surface area (Å²) in [6.07, 6.45) is -1.88. The summed E-state index contributed by atoms with van der Waals surface area (Å²) in [7, 11) is 0. The second-order valence-electron chi connectivity index (χ2n) is 2.93. The molecule has 0 saturated carbocycles. The van der Waals surface area contributed by atoms with Crippen LogP contribution in [0.2, 0.25) is 5.15 Å². The Morgan fingerprint density at radius 3 is 2.44 bits per heavy atom. The number of aliphatic hydroxyl groups is 1. The van der Waals surface area contributed by atoms with E-state index in [1.807, 2.05) is 0 Å². The van der Waals surface area contributed by atoms with E-state index in [-0.39, 0.29) is 17.5 Å². The van der Waals surface area contributed by atoms with E-state index in [0.29, 0.717) is 0 Å². The van der Waals surface area contributed by atoms with Gasteiger partial charge in [0.05, 0.1) is 6.61 Å². The lowest BCUT2D eigenvalue weighted by atomic mass is 10.4. The van der Waals surface area contributed by atoms with Crippen LogP contribution in [0.4, 0.5) is 19.0 Å². The van der Waals surface area contributed by atoms with Gasteiger partial charge in [0.15, 0.2) is 11.0 Å². The smallest absolute Gasteiger partial charge is 0.395 e. The summed E-state index contributed by atoms with van der Waals surface area (Å²) in [5.41, 5.74) is 0. The highest BCUT2D eigenvalue weighted by atomic mass is 35.5. The number of hydrogen-bond donors (Lipinski definition) is 1. The third-order valence-corrected chi connectivity index (χ3v) is 1.94. The maximum absolute atomic E-state index is 12.2. The average Bonchev–Trinajstić information content (AvgIpc) is 2.16. The summed E-state index contributed by atoms with van der Waals surface area (Å²) in [6, 6.07) is 0. The Labute approximate surface area is 94.7 Å². The molecular formula is C8H9ClF3N3O. The van der Waals surface area contributed by atoms with E-state index in [9.17, 15) is 13.2 Å². The third kappa shape index (κ3) is 3.82. The van der Waals surface area contributed by atoms with Crippen LogP contribution < -0.4 is 4.90 Å². The topological polar surface area (TPSA) is 49.2 Å². The highest BCUT2D eigenvalue weighted by molar-refractivity contribution is 6.31. The second-order valence-corrected chi connectivity index (χ2v) is 3.29. The molecule has 1 rings (SSSR count). The van der Waals surface area contributed by atoms with Crippen molar-refractivity contribution in [2.45, 2.75) is 6.18 Å². The molecule has 4 nitrogen and oxygen atoms in total. The van der Waals surface area contributed by atoms with Crippen LogP contribution in [0.3, 0.4) is 0 Å². The summed E-state index contributed by atoms with van der Waals surface area (Å²) in [6.45, 7) is -1.87. The van der Waals surface area contributed by atoms with Crippen LogP contribution in [0.15, 0.2) is 12.4 Å². The Kier molecular flexibility index (Phi) is 4.31. The molecule has 0 atom stereocenters. The van der Waals surface area contributed by atoms with Gasteiger partial charge in [-0.15, -0.1) is 0 Å². The zero-order valence-corrected chi connectivity index (χ0v) is 8.83. The number of hydrogen-bond acceptors (Lipinski definition) is 4. The van der Waals surface area contributed by atoms with Crippen molar-refractivity contribution < 1.29 is 18.3 Å². The minimum Gasteiger partial charge on any atom is -0.395 e. The fraction of sp³-hybridized carbons (Fsp3) is 0.500. The van der Waals surface area contributed by atoms with E-state index in [1.165, 1.54) is 12.4 Å². The van der Waals surface area contributed by atoms with E-state index >= 15 is 0 Å². The van der Waals surface area contributed by atoms with Crippen LogP contribution in [0.5, 0.6) is 0 Å². The Morgan fingerprint density at radius 2 is 1.94 bits per heavy atom. The van der Waals surface area contributed by atoms with Crippen LogP contribution >= 0.6 is 11.6 Å². The number of aliphatic hydroxyl groups excluding tert-OH is 1. The Bertz CT molecular complexity index is 348. The van der Waals surface area contributed by atoms with Crippen molar-refractivity contribution in [3.63, 3.8) is 0 Å². The molecule has 90 valence electrons. The number of nitrogens with zero attached hydrogens (tertiary/aromatic N) is 3. The van der Waals surface area contributed by atoms with Crippen LogP contribution in [0.1, 0.15) is 0 Å². The molecule has 1 N–H and O–H groups in total. The molecule has 0 bridgehead atoms. The zero-order chi connectivity index (χ0) is 12.2. The first-order valence-corrected chi connectivity index (χ1v) is 4.71. The average molecular weight is 256 g/mol. The molecule has 0 unspecified atom stereocenters. The summed E-state index contributed by atoms with van der Waals surface area (Å²) in [5.74, 6) is -0.0875. The van der Waals surface area contributed by atoms with Gasteiger partial charge in [-0.1, -0.05) is 11.6 Å². The van der Waals surface area contributed by atoms with Crippen LogP contribution in [-0.4, -0.2) is 40.9 Å². The standard InChI is InChI=1S/C8H9ClF3N3O/c9-6-7(14-2-1-13-6)15(3-4-16)5-8(10,11)12/h1-2,16H,3-5H2. The molecule has 0 aliphatic heterocycles. The molecule has 0 spiro atoms.